The molecule has 2 aliphatic heterocycles. The molecule has 1 saturated heterocycles. The van der Waals surface area contributed by atoms with Gasteiger partial charge in [-0.05, 0) is 61.7 Å². The standard InChI is InChI=1S/C23H28FN3O/c1-25(2)15-17-11-13-26(16-17)23(28)27-14-12-18-5-3-4-6-21(18)22(27)19-7-9-20(24)10-8-19/h3-10,17,22H,11-16H2,1-2H3/t17-,22-/m0/s1. The smallest absolute Gasteiger partial charge is 0.320 e. The summed E-state index contributed by atoms with van der Waals surface area (Å²) in [6, 6.07) is 14.8. The van der Waals surface area contributed by atoms with E-state index in [1.165, 1.54) is 17.7 Å². The summed E-state index contributed by atoms with van der Waals surface area (Å²) < 4.78 is 13.5. The van der Waals surface area contributed by atoms with Crippen molar-refractivity contribution in [3.63, 3.8) is 0 Å². The molecule has 2 amide bonds. The lowest BCUT2D eigenvalue weighted by Gasteiger charge is -2.39. The summed E-state index contributed by atoms with van der Waals surface area (Å²) in [7, 11) is 4.16. The van der Waals surface area contributed by atoms with E-state index in [-0.39, 0.29) is 17.9 Å². The Kier molecular flexibility index (Phi) is 5.36. The summed E-state index contributed by atoms with van der Waals surface area (Å²) in [6.45, 7) is 3.32. The topological polar surface area (TPSA) is 26.8 Å². The quantitative estimate of drug-likeness (QED) is 0.809. The highest BCUT2D eigenvalue weighted by Gasteiger charge is 2.36. The molecule has 0 aliphatic carbocycles. The van der Waals surface area contributed by atoms with Crippen molar-refractivity contribution < 1.29 is 9.18 Å². The number of rotatable bonds is 3. The number of fused-ring (bicyclic) bond motifs is 1. The molecule has 0 unspecified atom stereocenters. The van der Waals surface area contributed by atoms with Crippen LogP contribution in [-0.2, 0) is 6.42 Å². The fourth-order valence-corrected chi connectivity index (χ4v) is 4.63. The van der Waals surface area contributed by atoms with E-state index in [0.29, 0.717) is 12.5 Å². The van der Waals surface area contributed by atoms with Crippen LogP contribution in [0.2, 0.25) is 0 Å². The normalized spacial score (nSPS) is 21.9. The van der Waals surface area contributed by atoms with Crippen LogP contribution in [0.3, 0.4) is 0 Å². The lowest BCUT2D eigenvalue weighted by atomic mass is 9.88. The van der Waals surface area contributed by atoms with E-state index in [1.54, 1.807) is 12.1 Å². The minimum absolute atomic E-state index is 0.102. The van der Waals surface area contributed by atoms with Crippen molar-refractivity contribution in [3.05, 3.63) is 71.0 Å². The molecule has 2 aliphatic rings. The molecule has 1 fully saturated rings. The van der Waals surface area contributed by atoms with E-state index >= 15 is 0 Å². The molecule has 2 atom stereocenters. The van der Waals surface area contributed by atoms with Gasteiger partial charge in [0.15, 0.2) is 0 Å². The van der Waals surface area contributed by atoms with Crippen molar-refractivity contribution in [1.82, 2.24) is 14.7 Å². The maximum absolute atomic E-state index is 13.5. The number of benzene rings is 2. The second kappa shape index (κ2) is 7.92. The van der Waals surface area contributed by atoms with Crippen LogP contribution >= 0.6 is 0 Å². The van der Waals surface area contributed by atoms with Crippen LogP contribution in [0.1, 0.15) is 29.2 Å². The Morgan fingerprint density at radius 3 is 2.61 bits per heavy atom. The summed E-state index contributed by atoms with van der Waals surface area (Å²) in [5.41, 5.74) is 3.39. The second-order valence-electron chi connectivity index (χ2n) is 8.24. The van der Waals surface area contributed by atoms with Crippen molar-refractivity contribution in [2.24, 2.45) is 5.92 Å². The molecule has 4 rings (SSSR count). The number of hydrogen-bond acceptors (Lipinski definition) is 2. The van der Waals surface area contributed by atoms with Crippen molar-refractivity contribution in [2.75, 3.05) is 40.3 Å². The number of carbonyl (C=O) groups excluding carboxylic acids is 1. The van der Waals surface area contributed by atoms with Gasteiger partial charge in [-0.1, -0.05) is 36.4 Å². The van der Waals surface area contributed by atoms with Crippen LogP contribution in [0.25, 0.3) is 0 Å². The van der Waals surface area contributed by atoms with Gasteiger partial charge in [-0.2, -0.15) is 0 Å². The van der Waals surface area contributed by atoms with Crippen molar-refractivity contribution in [2.45, 2.75) is 18.9 Å². The maximum atomic E-state index is 13.5. The Bertz CT molecular complexity index is 836. The zero-order valence-electron chi connectivity index (χ0n) is 16.6. The van der Waals surface area contributed by atoms with Crippen molar-refractivity contribution in [3.8, 4) is 0 Å². The zero-order valence-corrected chi connectivity index (χ0v) is 16.6. The summed E-state index contributed by atoms with van der Waals surface area (Å²) in [6.07, 6.45) is 1.91. The third-order valence-corrected chi connectivity index (χ3v) is 5.89. The van der Waals surface area contributed by atoms with Crippen molar-refractivity contribution in [1.29, 1.82) is 0 Å². The van der Waals surface area contributed by atoms with Gasteiger partial charge in [-0.25, -0.2) is 9.18 Å². The van der Waals surface area contributed by atoms with Gasteiger partial charge in [0.1, 0.15) is 5.82 Å². The predicted molar refractivity (Wildman–Crippen MR) is 109 cm³/mol. The first kappa shape index (κ1) is 18.9. The number of urea groups is 1. The van der Waals surface area contributed by atoms with Gasteiger partial charge in [0.05, 0.1) is 6.04 Å². The molecule has 2 heterocycles. The molecule has 2 aromatic rings. The lowest BCUT2D eigenvalue weighted by Crippen LogP contribution is -2.47. The van der Waals surface area contributed by atoms with E-state index in [0.717, 1.165) is 43.6 Å². The van der Waals surface area contributed by atoms with Gasteiger partial charge >= 0.3 is 6.03 Å². The van der Waals surface area contributed by atoms with E-state index in [1.807, 2.05) is 21.9 Å². The molecular formula is C23H28FN3O. The Balaban J connectivity index is 1.62. The molecular weight excluding hydrogens is 353 g/mol. The second-order valence-corrected chi connectivity index (χ2v) is 8.24. The average molecular weight is 381 g/mol. The minimum atomic E-state index is -0.253. The van der Waals surface area contributed by atoms with Gasteiger partial charge in [-0.3, -0.25) is 0 Å². The lowest BCUT2D eigenvalue weighted by molar-refractivity contribution is 0.144. The van der Waals surface area contributed by atoms with Gasteiger partial charge in [0.25, 0.3) is 0 Å². The van der Waals surface area contributed by atoms with Gasteiger partial charge in [-0.15, -0.1) is 0 Å². The molecule has 0 spiro atoms. The largest absolute Gasteiger partial charge is 0.324 e. The van der Waals surface area contributed by atoms with Crippen LogP contribution < -0.4 is 0 Å². The zero-order chi connectivity index (χ0) is 19.7. The molecule has 2 aromatic carbocycles. The van der Waals surface area contributed by atoms with E-state index in [9.17, 15) is 9.18 Å². The molecule has 0 saturated carbocycles. The van der Waals surface area contributed by atoms with Crippen LogP contribution in [0.5, 0.6) is 0 Å². The third kappa shape index (κ3) is 3.76. The highest BCUT2D eigenvalue weighted by molar-refractivity contribution is 5.76. The maximum Gasteiger partial charge on any atom is 0.320 e. The van der Waals surface area contributed by atoms with E-state index < -0.39 is 0 Å². The summed E-state index contributed by atoms with van der Waals surface area (Å²) >= 11 is 0. The van der Waals surface area contributed by atoms with Gasteiger partial charge in [0, 0.05) is 26.2 Å². The van der Waals surface area contributed by atoms with Crippen LogP contribution in [0.15, 0.2) is 48.5 Å². The van der Waals surface area contributed by atoms with Crippen LogP contribution in [0.4, 0.5) is 9.18 Å². The van der Waals surface area contributed by atoms with Crippen LogP contribution in [0, 0.1) is 11.7 Å². The van der Waals surface area contributed by atoms with Crippen molar-refractivity contribution >= 4 is 6.03 Å². The predicted octanol–water partition coefficient (Wildman–Crippen LogP) is 3.78. The number of amides is 2. The van der Waals surface area contributed by atoms with Crippen LogP contribution in [-0.4, -0.2) is 61.0 Å². The fourth-order valence-electron chi connectivity index (χ4n) is 4.63. The number of nitrogens with zero attached hydrogens (tertiary/aromatic N) is 3. The minimum Gasteiger partial charge on any atom is -0.324 e. The number of carbonyl (C=O) groups is 1. The highest BCUT2D eigenvalue weighted by atomic mass is 19.1. The average Bonchev–Trinajstić information content (AvgIpc) is 3.15. The summed E-state index contributed by atoms with van der Waals surface area (Å²) in [4.78, 5) is 19.6. The SMILES string of the molecule is CN(C)C[C@@H]1CCN(C(=O)N2CCc3ccccc3[C@@H]2c2ccc(F)cc2)C1. The molecule has 148 valence electrons. The first-order valence-corrected chi connectivity index (χ1v) is 10.1. The van der Waals surface area contributed by atoms with E-state index in [2.05, 4.69) is 31.1 Å². The Labute approximate surface area is 166 Å². The molecule has 4 nitrogen and oxygen atoms in total. The number of halogens is 1. The first-order valence-electron chi connectivity index (χ1n) is 10.1. The molecule has 28 heavy (non-hydrogen) atoms. The van der Waals surface area contributed by atoms with E-state index in [4.69, 9.17) is 0 Å². The first-order chi connectivity index (χ1) is 13.5. The third-order valence-electron chi connectivity index (χ3n) is 5.89. The Hall–Kier alpha value is -2.40. The van der Waals surface area contributed by atoms with Gasteiger partial charge < -0.3 is 14.7 Å². The fraction of sp³-hybridized carbons (Fsp3) is 0.435. The molecule has 0 aromatic heterocycles. The Morgan fingerprint density at radius 1 is 1.11 bits per heavy atom. The number of hydrogen-bond donors (Lipinski definition) is 0. The monoisotopic (exact) mass is 381 g/mol. The summed E-state index contributed by atoms with van der Waals surface area (Å²) in [5.74, 6) is 0.275. The molecule has 0 radical (unpaired) electrons. The summed E-state index contributed by atoms with van der Waals surface area (Å²) in [5, 5.41) is 0. The Morgan fingerprint density at radius 2 is 1.86 bits per heavy atom. The van der Waals surface area contributed by atoms with Gasteiger partial charge in [0.2, 0.25) is 0 Å². The highest BCUT2D eigenvalue weighted by Crippen LogP contribution is 2.36. The molecule has 0 bridgehead atoms. The molecule has 5 heteroatoms. The molecule has 0 N–H and O–H groups in total. The number of likely N-dealkylation sites (tertiary alicyclic amines) is 1.